The molecule has 0 spiro atoms. The van der Waals surface area contributed by atoms with Gasteiger partial charge in [-0.15, -0.1) is 12.6 Å². The number of thiol groups is 1. The molecule has 0 saturated heterocycles. The van der Waals surface area contributed by atoms with Crippen LogP contribution in [0.4, 0.5) is 0 Å². The normalized spacial score (nSPS) is 13.0. The van der Waals surface area contributed by atoms with E-state index in [4.69, 9.17) is 0 Å². The fourth-order valence-corrected chi connectivity index (χ4v) is 1.14. The number of hydrogen-bond acceptors (Lipinski definition) is 3. The highest BCUT2D eigenvalue weighted by Crippen LogP contribution is 2.05. The summed E-state index contributed by atoms with van der Waals surface area (Å²) >= 11 is 4.04. The first kappa shape index (κ1) is 7.75. The van der Waals surface area contributed by atoms with E-state index in [1.54, 1.807) is 24.6 Å². The summed E-state index contributed by atoms with van der Waals surface area (Å²) in [6.45, 7) is 0. The Balaban J connectivity index is 3.00. The molecule has 0 amide bonds. The van der Waals surface area contributed by atoms with Crippen LogP contribution < -0.4 is 0 Å². The van der Waals surface area contributed by atoms with Gasteiger partial charge in [-0.1, -0.05) is 0 Å². The van der Waals surface area contributed by atoms with Gasteiger partial charge in [0.15, 0.2) is 0 Å². The van der Waals surface area contributed by atoms with E-state index in [9.17, 15) is 4.21 Å². The van der Waals surface area contributed by atoms with Crippen LogP contribution in [0, 0.1) is 0 Å². The molecule has 1 unspecified atom stereocenters. The second-order valence-corrected chi connectivity index (χ2v) is 3.65. The number of pyridine rings is 1. The average Bonchev–Trinajstić information content (AvgIpc) is 1.88. The summed E-state index contributed by atoms with van der Waals surface area (Å²) in [5.41, 5.74) is 0. The molecule has 4 heteroatoms. The van der Waals surface area contributed by atoms with Crippen LogP contribution in [-0.4, -0.2) is 15.4 Å². The number of aromatic nitrogens is 1. The number of hydrogen-bond donors (Lipinski definition) is 1. The molecule has 0 bridgehead atoms. The van der Waals surface area contributed by atoms with Crippen LogP contribution in [0.15, 0.2) is 28.3 Å². The quantitative estimate of drug-likeness (QED) is 0.645. The van der Waals surface area contributed by atoms with E-state index in [2.05, 4.69) is 17.6 Å². The monoisotopic (exact) mass is 173 g/mol. The van der Waals surface area contributed by atoms with E-state index in [0.29, 0.717) is 5.03 Å². The molecule has 0 aliphatic rings. The second kappa shape index (κ2) is 3.16. The lowest BCUT2D eigenvalue weighted by molar-refractivity contribution is 0.684. The largest absolute Gasteiger partial charge is 0.253 e. The first-order valence-corrected chi connectivity index (χ1v) is 4.69. The molecule has 0 aliphatic carbocycles. The van der Waals surface area contributed by atoms with Gasteiger partial charge in [0, 0.05) is 17.3 Å². The fraction of sp³-hybridized carbons (Fsp3) is 0.167. The maximum atomic E-state index is 10.8. The predicted molar refractivity (Wildman–Crippen MR) is 43.8 cm³/mol. The van der Waals surface area contributed by atoms with Gasteiger partial charge in [-0.2, -0.15) is 0 Å². The first-order valence-electron chi connectivity index (χ1n) is 2.68. The smallest absolute Gasteiger partial charge is 0.127 e. The van der Waals surface area contributed by atoms with Crippen molar-refractivity contribution in [2.24, 2.45) is 0 Å². The summed E-state index contributed by atoms with van der Waals surface area (Å²) < 4.78 is 10.8. The van der Waals surface area contributed by atoms with Crippen LogP contribution in [0.3, 0.4) is 0 Å². The lowest BCUT2D eigenvalue weighted by Crippen LogP contribution is -1.90. The van der Waals surface area contributed by atoms with Gasteiger partial charge in [0.25, 0.3) is 0 Å². The van der Waals surface area contributed by atoms with Crippen molar-refractivity contribution in [3.8, 4) is 0 Å². The predicted octanol–water partition coefficient (Wildman–Crippen LogP) is 1.11. The van der Waals surface area contributed by atoms with Crippen molar-refractivity contribution in [3.63, 3.8) is 0 Å². The molecule has 0 fully saturated rings. The zero-order valence-corrected chi connectivity index (χ0v) is 7.15. The fourth-order valence-electron chi connectivity index (χ4n) is 0.543. The molecule has 0 N–H and O–H groups in total. The van der Waals surface area contributed by atoms with Crippen LogP contribution >= 0.6 is 12.6 Å². The number of nitrogens with zero attached hydrogens (tertiary/aromatic N) is 1. The Morgan fingerprint density at radius 2 is 2.30 bits per heavy atom. The molecule has 1 rings (SSSR count). The van der Waals surface area contributed by atoms with Crippen molar-refractivity contribution in [2.75, 3.05) is 6.26 Å². The summed E-state index contributed by atoms with van der Waals surface area (Å²) in [5.74, 6) is 0. The average molecular weight is 173 g/mol. The zero-order valence-electron chi connectivity index (χ0n) is 5.44. The van der Waals surface area contributed by atoms with Gasteiger partial charge in [0.05, 0.1) is 10.8 Å². The maximum Gasteiger partial charge on any atom is 0.127 e. The van der Waals surface area contributed by atoms with Gasteiger partial charge < -0.3 is 0 Å². The van der Waals surface area contributed by atoms with Crippen molar-refractivity contribution < 1.29 is 4.21 Å². The summed E-state index contributed by atoms with van der Waals surface area (Å²) in [6, 6.07) is 3.48. The maximum absolute atomic E-state index is 10.8. The SMILES string of the molecule is CS(=O)c1ccc(S)cn1. The molecule has 1 aromatic heterocycles. The highest BCUT2D eigenvalue weighted by atomic mass is 32.2. The molecular formula is C6H7NOS2. The third-order valence-corrected chi connectivity index (χ3v) is 2.11. The Labute approximate surface area is 67.5 Å². The Hall–Kier alpha value is -0.350. The minimum Gasteiger partial charge on any atom is -0.253 e. The first-order chi connectivity index (χ1) is 4.70. The Morgan fingerprint density at radius 1 is 1.60 bits per heavy atom. The second-order valence-electron chi connectivity index (χ2n) is 1.81. The van der Waals surface area contributed by atoms with Gasteiger partial charge in [-0.05, 0) is 12.1 Å². The lowest BCUT2D eigenvalue weighted by Gasteiger charge is -1.93. The minimum absolute atomic E-state index is 0.595. The van der Waals surface area contributed by atoms with Gasteiger partial charge in [-0.25, -0.2) is 4.98 Å². The lowest BCUT2D eigenvalue weighted by atomic mass is 10.5. The summed E-state index contributed by atoms with van der Waals surface area (Å²) in [6.07, 6.45) is 3.18. The van der Waals surface area contributed by atoms with Crippen LogP contribution in [0.5, 0.6) is 0 Å². The van der Waals surface area contributed by atoms with E-state index in [1.807, 2.05) is 0 Å². The van der Waals surface area contributed by atoms with E-state index in [-0.39, 0.29) is 0 Å². The molecule has 0 aromatic carbocycles. The van der Waals surface area contributed by atoms with Gasteiger partial charge >= 0.3 is 0 Å². The van der Waals surface area contributed by atoms with Crippen molar-refractivity contribution in [1.29, 1.82) is 0 Å². The van der Waals surface area contributed by atoms with Crippen LogP contribution in [0.2, 0.25) is 0 Å². The highest BCUT2D eigenvalue weighted by molar-refractivity contribution is 7.84. The van der Waals surface area contributed by atoms with Crippen LogP contribution in [0.25, 0.3) is 0 Å². The molecule has 0 aliphatic heterocycles. The van der Waals surface area contributed by atoms with Crippen molar-refractivity contribution in [1.82, 2.24) is 4.98 Å². The molecule has 1 heterocycles. The summed E-state index contributed by atoms with van der Waals surface area (Å²) in [4.78, 5) is 4.69. The van der Waals surface area contributed by atoms with Crippen molar-refractivity contribution in [3.05, 3.63) is 18.3 Å². The van der Waals surface area contributed by atoms with Gasteiger partial charge in [-0.3, -0.25) is 4.21 Å². The Morgan fingerprint density at radius 3 is 2.70 bits per heavy atom. The van der Waals surface area contributed by atoms with Crippen LogP contribution in [0.1, 0.15) is 0 Å². The van der Waals surface area contributed by atoms with E-state index < -0.39 is 10.8 Å². The van der Waals surface area contributed by atoms with E-state index in [1.165, 1.54) is 0 Å². The molecule has 1 atom stereocenters. The van der Waals surface area contributed by atoms with Gasteiger partial charge in [0.1, 0.15) is 5.03 Å². The van der Waals surface area contributed by atoms with E-state index in [0.717, 1.165) is 4.90 Å². The summed E-state index contributed by atoms with van der Waals surface area (Å²) in [5, 5.41) is 0.595. The zero-order chi connectivity index (χ0) is 7.56. The number of rotatable bonds is 1. The Kier molecular flexibility index (Phi) is 2.45. The van der Waals surface area contributed by atoms with E-state index >= 15 is 0 Å². The summed E-state index contributed by atoms with van der Waals surface area (Å²) in [7, 11) is -0.982. The highest BCUT2D eigenvalue weighted by Gasteiger charge is 1.95. The third kappa shape index (κ3) is 1.82. The topological polar surface area (TPSA) is 30.0 Å². The Bertz CT molecular complexity index is 244. The molecule has 10 heavy (non-hydrogen) atoms. The van der Waals surface area contributed by atoms with Gasteiger partial charge in [0.2, 0.25) is 0 Å². The molecule has 0 saturated carbocycles. The molecular weight excluding hydrogens is 166 g/mol. The molecule has 54 valence electrons. The molecule has 0 radical (unpaired) electrons. The van der Waals surface area contributed by atoms with Crippen molar-refractivity contribution in [2.45, 2.75) is 9.92 Å². The van der Waals surface area contributed by atoms with Crippen molar-refractivity contribution >= 4 is 23.4 Å². The third-order valence-electron chi connectivity index (χ3n) is 1.02. The van der Waals surface area contributed by atoms with Crippen LogP contribution in [-0.2, 0) is 10.8 Å². The minimum atomic E-state index is -0.982. The molecule has 2 nitrogen and oxygen atoms in total. The molecule has 1 aromatic rings. The standard InChI is InChI=1S/C6H7NOS2/c1-10(8)6-3-2-5(9)4-7-6/h2-4,9H,1H3.